The molecule has 0 atom stereocenters. The van der Waals surface area contributed by atoms with Gasteiger partial charge in [0.15, 0.2) is 0 Å². The van der Waals surface area contributed by atoms with E-state index in [1.54, 1.807) is 36.4 Å². The molecular weight excluding hydrogens is 414 g/mol. The van der Waals surface area contributed by atoms with Gasteiger partial charge in [0.05, 0.1) is 12.6 Å². The quantitative estimate of drug-likeness (QED) is 0.460. The third-order valence-electron chi connectivity index (χ3n) is 5.17. The smallest absolute Gasteiger partial charge is 0.303 e. The van der Waals surface area contributed by atoms with Gasteiger partial charge in [0.2, 0.25) is 0 Å². The maximum atomic E-state index is 13.9. The van der Waals surface area contributed by atoms with Gasteiger partial charge in [-0.05, 0) is 29.7 Å². The summed E-state index contributed by atoms with van der Waals surface area (Å²) in [7, 11) is -2.62. The topological polar surface area (TPSA) is 85.6 Å². The van der Waals surface area contributed by atoms with Crippen LogP contribution in [-0.4, -0.2) is 30.6 Å². The highest BCUT2D eigenvalue weighted by atomic mass is 32.2. The van der Waals surface area contributed by atoms with Crippen LogP contribution in [-0.2, 0) is 21.2 Å². The van der Waals surface area contributed by atoms with Crippen molar-refractivity contribution in [1.29, 1.82) is 0 Å². The van der Waals surface area contributed by atoms with E-state index in [1.165, 1.54) is 17.3 Å². The lowest BCUT2D eigenvalue weighted by Crippen LogP contribution is -2.14. The fourth-order valence-electron chi connectivity index (χ4n) is 3.74. The van der Waals surface area contributed by atoms with E-state index in [0.29, 0.717) is 22.0 Å². The molecule has 0 saturated carbocycles. The Morgan fingerprint density at radius 3 is 2.39 bits per heavy atom. The van der Waals surface area contributed by atoms with Crippen LogP contribution >= 0.6 is 0 Å². The number of nitrogens with zero attached hydrogens (tertiary/aromatic N) is 1. The first-order valence-electron chi connectivity index (χ1n) is 9.72. The molecule has 0 aliphatic carbocycles. The highest BCUT2D eigenvalue weighted by Gasteiger charge is 2.28. The zero-order chi connectivity index (χ0) is 22.0. The van der Waals surface area contributed by atoms with Crippen molar-refractivity contribution in [3.63, 3.8) is 0 Å². The minimum Gasteiger partial charge on any atom is -0.495 e. The maximum absolute atomic E-state index is 13.9. The Morgan fingerprint density at radius 1 is 0.968 bits per heavy atom. The molecule has 1 aromatic heterocycles. The Hall–Kier alpha value is -3.58. The summed E-state index contributed by atoms with van der Waals surface area (Å²) in [4.78, 5) is 11.1. The van der Waals surface area contributed by atoms with E-state index in [0.717, 1.165) is 5.56 Å². The van der Waals surface area contributed by atoms with E-state index in [-0.39, 0.29) is 23.5 Å². The third kappa shape index (κ3) is 3.80. The predicted octanol–water partition coefficient (Wildman–Crippen LogP) is 4.57. The van der Waals surface area contributed by atoms with Gasteiger partial charge >= 0.3 is 5.97 Å². The molecule has 0 amide bonds. The SMILES string of the molecule is COc1cccc(-c2ccccc2)c1S(=O)(=O)n1cc(CCC(=O)O)c2ccccc21. The van der Waals surface area contributed by atoms with Crippen LogP contribution in [0.15, 0.2) is 83.9 Å². The first kappa shape index (κ1) is 20.7. The van der Waals surface area contributed by atoms with Crippen LogP contribution in [0, 0.1) is 0 Å². The van der Waals surface area contributed by atoms with E-state index in [9.17, 15) is 13.2 Å². The Morgan fingerprint density at radius 2 is 1.68 bits per heavy atom. The molecule has 4 aromatic rings. The van der Waals surface area contributed by atoms with Gasteiger partial charge < -0.3 is 9.84 Å². The Labute approximate surface area is 180 Å². The number of para-hydroxylation sites is 1. The third-order valence-corrected chi connectivity index (χ3v) is 6.93. The summed E-state index contributed by atoms with van der Waals surface area (Å²) in [5.41, 5.74) is 2.44. The molecule has 3 aromatic carbocycles. The summed E-state index contributed by atoms with van der Waals surface area (Å²) >= 11 is 0. The highest BCUT2D eigenvalue weighted by Crippen LogP contribution is 2.37. The summed E-state index contributed by atoms with van der Waals surface area (Å²) in [6, 6.07) is 21.5. The summed E-state index contributed by atoms with van der Waals surface area (Å²) in [6.45, 7) is 0. The minimum atomic E-state index is -4.06. The minimum absolute atomic E-state index is 0.0641. The van der Waals surface area contributed by atoms with Gasteiger partial charge in [0.1, 0.15) is 10.6 Å². The summed E-state index contributed by atoms with van der Waals surface area (Å²) < 4.78 is 34.5. The molecule has 0 unspecified atom stereocenters. The molecule has 0 aliphatic rings. The number of aryl methyl sites for hydroxylation is 1. The van der Waals surface area contributed by atoms with Crippen LogP contribution in [0.1, 0.15) is 12.0 Å². The van der Waals surface area contributed by atoms with E-state index in [4.69, 9.17) is 9.84 Å². The van der Waals surface area contributed by atoms with E-state index in [1.807, 2.05) is 36.4 Å². The molecule has 7 heteroatoms. The van der Waals surface area contributed by atoms with Gasteiger partial charge in [-0.15, -0.1) is 0 Å². The number of aromatic nitrogens is 1. The molecule has 4 rings (SSSR count). The average molecular weight is 436 g/mol. The first-order chi connectivity index (χ1) is 14.9. The molecule has 0 fully saturated rings. The van der Waals surface area contributed by atoms with Crippen LogP contribution in [0.2, 0.25) is 0 Å². The lowest BCUT2D eigenvalue weighted by atomic mass is 10.1. The van der Waals surface area contributed by atoms with Gasteiger partial charge in [0.25, 0.3) is 10.0 Å². The normalized spacial score (nSPS) is 11.5. The second-order valence-electron chi connectivity index (χ2n) is 7.07. The molecule has 31 heavy (non-hydrogen) atoms. The molecule has 0 spiro atoms. The first-order valence-corrected chi connectivity index (χ1v) is 11.2. The molecule has 6 nitrogen and oxygen atoms in total. The number of carboxylic acid groups (broad SMARTS) is 1. The Bertz CT molecular complexity index is 1360. The predicted molar refractivity (Wildman–Crippen MR) is 119 cm³/mol. The number of carbonyl (C=O) groups is 1. The van der Waals surface area contributed by atoms with Crippen molar-refractivity contribution in [3.8, 4) is 16.9 Å². The van der Waals surface area contributed by atoms with Crippen molar-refractivity contribution in [3.05, 3.63) is 84.6 Å². The van der Waals surface area contributed by atoms with E-state index >= 15 is 0 Å². The number of hydrogen-bond acceptors (Lipinski definition) is 4. The molecule has 0 radical (unpaired) electrons. The fourth-order valence-corrected chi connectivity index (χ4v) is 5.49. The number of hydrogen-bond donors (Lipinski definition) is 1. The molecule has 158 valence electrons. The van der Waals surface area contributed by atoms with Crippen molar-refractivity contribution in [1.82, 2.24) is 3.97 Å². The Balaban J connectivity index is 1.97. The van der Waals surface area contributed by atoms with Crippen LogP contribution < -0.4 is 4.74 Å². The lowest BCUT2D eigenvalue weighted by Gasteiger charge is -2.16. The zero-order valence-electron chi connectivity index (χ0n) is 16.9. The fraction of sp³-hybridized carbons (Fsp3) is 0.125. The van der Waals surface area contributed by atoms with E-state index < -0.39 is 16.0 Å². The molecule has 0 aliphatic heterocycles. The van der Waals surface area contributed by atoms with E-state index in [2.05, 4.69) is 0 Å². The molecular formula is C24H21NO5S. The molecule has 1 N–H and O–H groups in total. The number of methoxy groups -OCH3 is 1. The van der Waals surface area contributed by atoms with Crippen molar-refractivity contribution >= 4 is 26.9 Å². The monoisotopic (exact) mass is 435 g/mol. The van der Waals surface area contributed by atoms with Crippen molar-refractivity contribution in [2.45, 2.75) is 17.7 Å². The van der Waals surface area contributed by atoms with Crippen LogP contribution in [0.5, 0.6) is 5.75 Å². The molecule has 0 bridgehead atoms. The Kier molecular flexibility index (Phi) is 5.52. The number of carboxylic acids is 1. The number of fused-ring (bicyclic) bond motifs is 1. The number of benzene rings is 3. The summed E-state index contributed by atoms with van der Waals surface area (Å²) in [6.07, 6.45) is 1.66. The largest absolute Gasteiger partial charge is 0.495 e. The standard InChI is InChI=1S/C24H21NO5S/c1-30-22-13-7-11-20(17-8-3-2-4-9-17)24(22)31(28,29)25-16-18(14-15-23(26)27)19-10-5-6-12-21(19)25/h2-13,16H,14-15H2,1H3,(H,26,27). The maximum Gasteiger partial charge on any atom is 0.303 e. The summed E-state index contributed by atoms with van der Waals surface area (Å²) in [5, 5.41) is 9.79. The highest BCUT2D eigenvalue weighted by molar-refractivity contribution is 7.90. The average Bonchev–Trinajstić information content (AvgIpc) is 3.17. The van der Waals surface area contributed by atoms with Gasteiger partial charge in [0, 0.05) is 23.6 Å². The lowest BCUT2D eigenvalue weighted by molar-refractivity contribution is -0.136. The van der Waals surface area contributed by atoms with Gasteiger partial charge in [-0.1, -0.05) is 60.7 Å². The van der Waals surface area contributed by atoms with Crippen molar-refractivity contribution < 1.29 is 23.1 Å². The second kappa shape index (κ2) is 8.28. The van der Waals surface area contributed by atoms with Gasteiger partial charge in [-0.2, -0.15) is 0 Å². The van der Waals surface area contributed by atoms with Gasteiger partial charge in [-0.25, -0.2) is 12.4 Å². The van der Waals surface area contributed by atoms with Crippen molar-refractivity contribution in [2.75, 3.05) is 7.11 Å². The molecule has 1 heterocycles. The van der Waals surface area contributed by atoms with Gasteiger partial charge in [-0.3, -0.25) is 4.79 Å². The van der Waals surface area contributed by atoms with Crippen LogP contribution in [0.4, 0.5) is 0 Å². The number of aliphatic carboxylic acids is 1. The number of ether oxygens (including phenoxy) is 1. The zero-order valence-corrected chi connectivity index (χ0v) is 17.7. The van der Waals surface area contributed by atoms with Crippen LogP contribution in [0.25, 0.3) is 22.0 Å². The molecule has 0 saturated heterocycles. The summed E-state index contributed by atoms with van der Waals surface area (Å²) in [5.74, 6) is -0.693. The second-order valence-corrected chi connectivity index (χ2v) is 8.82. The van der Waals surface area contributed by atoms with Crippen molar-refractivity contribution in [2.24, 2.45) is 0 Å². The number of rotatable bonds is 7. The van der Waals surface area contributed by atoms with Crippen LogP contribution in [0.3, 0.4) is 0 Å².